The highest BCUT2D eigenvalue weighted by molar-refractivity contribution is 6.00. The number of anilines is 1. The number of rotatable bonds is 18. The highest BCUT2D eigenvalue weighted by atomic mass is 16.4. The van der Waals surface area contributed by atoms with Crippen molar-refractivity contribution >= 4 is 29.0 Å². The van der Waals surface area contributed by atoms with Gasteiger partial charge in [0.25, 0.3) is 0 Å². The molecule has 0 fully saturated rings. The maximum Gasteiger partial charge on any atom is 0.303 e. The Balaban J connectivity index is 1.87. The molecule has 0 spiro atoms. The molecule has 0 heterocycles. The van der Waals surface area contributed by atoms with Crippen molar-refractivity contribution in [1.82, 2.24) is 5.32 Å². The van der Waals surface area contributed by atoms with Crippen LogP contribution in [0.3, 0.4) is 0 Å². The van der Waals surface area contributed by atoms with Gasteiger partial charge in [-0.25, -0.2) is 0 Å². The average molecular weight is 521 g/mol. The second kappa shape index (κ2) is 17.9. The van der Waals surface area contributed by atoms with Gasteiger partial charge in [-0.05, 0) is 41.2 Å². The van der Waals surface area contributed by atoms with Gasteiger partial charge in [-0.1, -0.05) is 108 Å². The first-order valence-electron chi connectivity index (χ1n) is 14.0. The van der Waals surface area contributed by atoms with Crippen LogP contribution in [0.4, 0.5) is 5.69 Å². The van der Waals surface area contributed by atoms with Crippen molar-refractivity contribution in [3.63, 3.8) is 0 Å². The van der Waals surface area contributed by atoms with Crippen LogP contribution >= 0.6 is 0 Å². The molecule has 38 heavy (non-hydrogen) atoms. The summed E-state index contributed by atoms with van der Waals surface area (Å²) in [6, 6.07) is 16.9. The summed E-state index contributed by atoms with van der Waals surface area (Å²) in [6.07, 6.45) is 12.5. The van der Waals surface area contributed by atoms with Crippen LogP contribution in [0, 0.1) is 5.92 Å². The summed E-state index contributed by atoms with van der Waals surface area (Å²) in [5, 5.41) is 14.6. The number of amides is 2. The van der Waals surface area contributed by atoms with Gasteiger partial charge in [0.1, 0.15) is 0 Å². The van der Waals surface area contributed by atoms with Gasteiger partial charge >= 0.3 is 5.97 Å². The van der Waals surface area contributed by atoms with E-state index in [2.05, 4.69) is 24.5 Å². The van der Waals surface area contributed by atoms with E-state index in [4.69, 9.17) is 5.11 Å². The maximum absolute atomic E-state index is 12.8. The molecule has 2 aromatic carbocycles. The fourth-order valence-corrected chi connectivity index (χ4v) is 4.29. The summed E-state index contributed by atoms with van der Waals surface area (Å²) in [5.74, 6) is -0.719. The molecule has 0 aliphatic rings. The molecule has 6 nitrogen and oxygen atoms in total. The Bertz CT molecular complexity index is 1030. The van der Waals surface area contributed by atoms with Gasteiger partial charge in [0, 0.05) is 24.7 Å². The average Bonchev–Trinajstić information content (AvgIpc) is 2.89. The molecule has 0 saturated carbocycles. The van der Waals surface area contributed by atoms with Gasteiger partial charge in [-0.15, -0.1) is 0 Å². The molecule has 0 bridgehead atoms. The highest BCUT2D eigenvalue weighted by Gasteiger charge is 2.11. The Morgan fingerprint density at radius 2 is 1.42 bits per heavy atom. The second-order valence-corrected chi connectivity index (χ2v) is 10.2. The third-order valence-electron chi connectivity index (χ3n) is 6.39. The zero-order chi connectivity index (χ0) is 27.6. The lowest BCUT2D eigenvalue weighted by Gasteiger charge is -2.12. The quantitative estimate of drug-likeness (QED) is 0.143. The second-order valence-electron chi connectivity index (χ2n) is 10.2. The molecule has 0 unspecified atom stereocenters. The Morgan fingerprint density at radius 3 is 2.08 bits per heavy atom. The van der Waals surface area contributed by atoms with Crippen molar-refractivity contribution in [3.8, 4) is 0 Å². The van der Waals surface area contributed by atoms with E-state index >= 15 is 0 Å². The minimum absolute atomic E-state index is 0.0956. The predicted octanol–water partition coefficient (Wildman–Crippen LogP) is 7.20. The molecule has 0 aliphatic heterocycles. The smallest absolute Gasteiger partial charge is 0.303 e. The van der Waals surface area contributed by atoms with Gasteiger partial charge < -0.3 is 15.7 Å². The van der Waals surface area contributed by atoms with Crippen LogP contribution in [0.25, 0.3) is 5.57 Å². The Hall–Kier alpha value is -3.41. The maximum atomic E-state index is 12.8. The molecular formula is C32H44N2O4. The van der Waals surface area contributed by atoms with Gasteiger partial charge in [0.2, 0.25) is 11.8 Å². The van der Waals surface area contributed by atoms with Crippen molar-refractivity contribution in [3.05, 3.63) is 71.8 Å². The number of hydrogen-bond donors (Lipinski definition) is 3. The summed E-state index contributed by atoms with van der Waals surface area (Å²) in [4.78, 5) is 35.6. The topological polar surface area (TPSA) is 95.5 Å². The summed E-state index contributed by atoms with van der Waals surface area (Å²) in [6.45, 7) is 5.21. The first-order valence-corrected chi connectivity index (χ1v) is 14.0. The van der Waals surface area contributed by atoms with E-state index in [9.17, 15) is 14.4 Å². The van der Waals surface area contributed by atoms with E-state index in [0.29, 0.717) is 12.2 Å². The van der Waals surface area contributed by atoms with E-state index in [-0.39, 0.29) is 24.7 Å². The molecular weight excluding hydrogens is 476 g/mol. The number of hydrogen-bond acceptors (Lipinski definition) is 3. The molecule has 0 atom stereocenters. The van der Waals surface area contributed by atoms with Crippen LogP contribution in [0.1, 0.15) is 95.6 Å². The van der Waals surface area contributed by atoms with Crippen LogP contribution in [-0.2, 0) is 14.4 Å². The molecule has 0 saturated heterocycles. The number of carbonyl (C=O) groups is 3. The molecule has 2 amide bonds. The Morgan fingerprint density at radius 1 is 0.789 bits per heavy atom. The lowest BCUT2D eigenvalue weighted by molar-refractivity contribution is -0.138. The molecule has 0 radical (unpaired) electrons. The Kier molecular flexibility index (Phi) is 14.5. The number of carbonyl (C=O) groups excluding carboxylic acids is 2. The van der Waals surface area contributed by atoms with E-state index < -0.39 is 5.97 Å². The standard InChI is InChI=1S/C32H44N2O4/c1-25(2)15-10-7-5-3-4-6-8-13-22-33-31(36)24-29(26-16-11-9-12-17-26)27-18-14-19-28(23-27)34-30(35)20-21-32(37)38/h9,11-12,14,16-19,23-25H,3-8,10,13,15,20-22H2,1-2H3,(H,33,36)(H,34,35)(H,37,38)/b29-24-. The van der Waals surface area contributed by atoms with Crippen molar-refractivity contribution in [2.75, 3.05) is 11.9 Å². The molecule has 6 heteroatoms. The normalized spacial score (nSPS) is 11.4. The van der Waals surface area contributed by atoms with E-state index in [1.807, 2.05) is 36.4 Å². The largest absolute Gasteiger partial charge is 0.481 e. The van der Waals surface area contributed by atoms with Crippen LogP contribution in [0.5, 0.6) is 0 Å². The third kappa shape index (κ3) is 13.2. The number of unbranched alkanes of at least 4 members (excludes halogenated alkanes) is 7. The first-order chi connectivity index (χ1) is 18.3. The number of carboxylic acid groups (broad SMARTS) is 1. The molecule has 206 valence electrons. The zero-order valence-corrected chi connectivity index (χ0v) is 23.0. The fourth-order valence-electron chi connectivity index (χ4n) is 4.29. The summed E-state index contributed by atoms with van der Waals surface area (Å²) in [7, 11) is 0. The van der Waals surface area contributed by atoms with Crippen LogP contribution in [0.15, 0.2) is 60.7 Å². The van der Waals surface area contributed by atoms with E-state index in [0.717, 1.165) is 35.5 Å². The summed E-state index contributed by atoms with van der Waals surface area (Å²) in [5.41, 5.74) is 2.99. The minimum atomic E-state index is -1.01. The molecule has 2 aromatic rings. The number of aliphatic carboxylic acids is 1. The van der Waals surface area contributed by atoms with Crippen LogP contribution < -0.4 is 10.6 Å². The molecule has 0 aromatic heterocycles. The number of nitrogens with one attached hydrogen (secondary N) is 2. The summed E-state index contributed by atoms with van der Waals surface area (Å²) >= 11 is 0. The van der Waals surface area contributed by atoms with Gasteiger partial charge in [0.15, 0.2) is 0 Å². The van der Waals surface area contributed by atoms with E-state index in [1.54, 1.807) is 24.3 Å². The van der Waals surface area contributed by atoms with Gasteiger partial charge in [-0.3, -0.25) is 14.4 Å². The predicted molar refractivity (Wildman–Crippen MR) is 155 cm³/mol. The van der Waals surface area contributed by atoms with Crippen LogP contribution in [0.2, 0.25) is 0 Å². The van der Waals surface area contributed by atoms with Crippen LogP contribution in [-0.4, -0.2) is 29.4 Å². The van der Waals surface area contributed by atoms with Gasteiger partial charge in [-0.2, -0.15) is 0 Å². The zero-order valence-electron chi connectivity index (χ0n) is 23.0. The fraction of sp³-hybridized carbons (Fsp3) is 0.469. The summed E-state index contributed by atoms with van der Waals surface area (Å²) < 4.78 is 0. The van der Waals surface area contributed by atoms with Crippen molar-refractivity contribution in [2.45, 2.75) is 84.5 Å². The van der Waals surface area contributed by atoms with Crippen molar-refractivity contribution in [1.29, 1.82) is 0 Å². The lowest BCUT2D eigenvalue weighted by atomic mass is 9.97. The van der Waals surface area contributed by atoms with Crippen molar-refractivity contribution in [2.24, 2.45) is 5.92 Å². The van der Waals surface area contributed by atoms with Gasteiger partial charge in [0.05, 0.1) is 6.42 Å². The van der Waals surface area contributed by atoms with Crippen molar-refractivity contribution < 1.29 is 19.5 Å². The molecule has 0 aliphatic carbocycles. The number of carboxylic acids is 1. The minimum Gasteiger partial charge on any atom is -0.481 e. The SMILES string of the molecule is CC(C)CCCCCCCCCCNC(=O)/C=C(/c1ccccc1)c1cccc(NC(=O)CCC(=O)O)c1. The third-order valence-corrected chi connectivity index (χ3v) is 6.39. The van der Waals surface area contributed by atoms with E-state index in [1.165, 1.54) is 44.9 Å². The Labute approximate surface area is 227 Å². The first kappa shape index (κ1) is 30.8. The molecule has 3 N–H and O–H groups in total. The highest BCUT2D eigenvalue weighted by Crippen LogP contribution is 2.25. The lowest BCUT2D eigenvalue weighted by Crippen LogP contribution is -2.22. The number of benzene rings is 2. The molecule has 2 rings (SSSR count). The monoisotopic (exact) mass is 520 g/mol.